The highest BCUT2D eigenvalue weighted by atomic mass is 19.1. The van der Waals surface area contributed by atoms with Crippen LogP contribution in [0.15, 0.2) is 55.0 Å². The van der Waals surface area contributed by atoms with Crippen molar-refractivity contribution in [2.75, 3.05) is 36.5 Å². The third-order valence-electron chi connectivity index (χ3n) is 4.66. The highest BCUT2D eigenvalue weighted by Gasteiger charge is 2.18. The Morgan fingerprint density at radius 1 is 1.11 bits per heavy atom. The molecule has 1 aliphatic heterocycles. The Balaban J connectivity index is 1.58. The van der Waals surface area contributed by atoms with Crippen molar-refractivity contribution in [3.63, 3.8) is 0 Å². The minimum absolute atomic E-state index is 0.240. The number of morpholine rings is 1. The van der Waals surface area contributed by atoms with Crippen LogP contribution in [0.3, 0.4) is 0 Å². The van der Waals surface area contributed by atoms with Gasteiger partial charge in [-0.1, -0.05) is 12.1 Å². The number of benzene rings is 1. The molecule has 1 saturated heterocycles. The van der Waals surface area contributed by atoms with Gasteiger partial charge in [0.2, 0.25) is 0 Å². The van der Waals surface area contributed by atoms with Gasteiger partial charge in [-0.05, 0) is 29.8 Å². The molecule has 6 nitrogen and oxygen atoms in total. The first-order chi connectivity index (χ1) is 13.2. The number of hydrogen-bond acceptors (Lipinski definition) is 5. The zero-order valence-electron chi connectivity index (χ0n) is 15.2. The summed E-state index contributed by atoms with van der Waals surface area (Å²) >= 11 is 0. The van der Waals surface area contributed by atoms with Gasteiger partial charge in [-0.25, -0.2) is 9.37 Å². The van der Waals surface area contributed by atoms with Gasteiger partial charge in [-0.15, -0.1) is 0 Å². The van der Waals surface area contributed by atoms with E-state index in [1.165, 1.54) is 12.1 Å². The van der Waals surface area contributed by atoms with E-state index in [4.69, 9.17) is 4.74 Å². The lowest BCUT2D eigenvalue weighted by Crippen LogP contribution is -2.36. The van der Waals surface area contributed by atoms with E-state index in [0.29, 0.717) is 0 Å². The van der Waals surface area contributed by atoms with Crippen LogP contribution in [-0.4, -0.2) is 41.1 Å². The molecule has 0 bridgehead atoms. The number of nitrogens with one attached hydrogen (secondary N) is 1. The standard InChI is InChI=1S/C20H22FN5O/c1-25-14-16(12-23-25)20(15-3-2-4-17(21)11-15)24-19-6-5-18(13-22-19)26-7-9-27-10-8-26/h2-6,11-14,20H,7-10H2,1H3,(H,22,24). The first-order valence-electron chi connectivity index (χ1n) is 8.98. The molecule has 140 valence electrons. The second kappa shape index (κ2) is 7.75. The van der Waals surface area contributed by atoms with Crippen molar-refractivity contribution in [1.82, 2.24) is 14.8 Å². The van der Waals surface area contributed by atoms with Gasteiger partial charge < -0.3 is 15.0 Å². The van der Waals surface area contributed by atoms with E-state index < -0.39 is 0 Å². The van der Waals surface area contributed by atoms with Crippen molar-refractivity contribution in [3.8, 4) is 0 Å². The summed E-state index contributed by atoms with van der Waals surface area (Å²) in [6.07, 6.45) is 5.56. The van der Waals surface area contributed by atoms with Crippen molar-refractivity contribution in [3.05, 3.63) is 71.9 Å². The summed E-state index contributed by atoms with van der Waals surface area (Å²) in [6.45, 7) is 3.22. The molecule has 1 atom stereocenters. The SMILES string of the molecule is Cn1cc(C(Nc2ccc(N3CCOCC3)cn2)c2cccc(F)c2)cn1. The molecule has 0 radical (unpaired) electrons. The third kappa shape index (κ3) is 4.09. The smallest absolute Gasteiger partial charge is 0.126 e. The molecule has 4 rings (SSSR count). The average Bonchev–Trinajstić information content (AvgIpc) is 3.13. The van der Waals surface area contributed by atoms with E-state index in [2.05, 4.69) is 20.3 Å². The lowest BCUT2D eigenvalue weighted by Gasteiger charge is -2.28. The molecule has 0 amide bonds. The summed E-state index contributed by atoms with van der Waals surface area (Å²) < 4.78 is 20.9. The molecule has 0 saturated carbocycles. The molecule has 3 heterocycles. The number of nitrogens with zero attached hydrogens (tertiary/aromatic N) is 4. The quantitative estimate of drug-likeness (QED) is 0.751. The molecule has 0 spiro atoms. The summed E-state index contributed by atoms with van der Waals surface area (Å²) in [7, 11) is 1.86. The summed E-state index contributed by atoms with van der Waals surface area (Å²) in [5.74, 6) is 0.462. The van der Waals surface area contributed by atoms with Crippen molar-refractivity contribution >= 4 is 11.5 Å². The molecule has 3 aromatic rings. The molecule has 1 unspecified atom stereocenters. The molecule has 1 fully saturated rings. The van der Waals surface area contributed by atoms with Crippen molar-refractivity contribution < 1.29 is 9.13 Å². The van der Waals surface area contributed by atoms with Gasteiger partial charge in [0.05, 0.1) is 37.3 Å². The molecule has 2 aromatic heterocycles. The fourth-order valence-corrected chi connectivity index (χ4v) is 3.26. The van der Waals surface area contributed by atoms with Crippen LogP contribution in [0, 0.1) is 5.82 Å². The van der Waals surface area contributed by atoms with E-state index in [0.717, 1.165) is 48.9 Å². The largest absolute Gasteiger partial charge is 0.378 e. The van der Waals surface area contributed by atoms with E-state index in [1.807, 2.05) is 37.6 Å². The van der Waals surface area contributed by atoms with Gasteiger partial charge in [0.15, 0.2) is 0 Å². The van der Waals surface area contributed by atoms with Crippen LogP contribution < -0.4 is 10.2 Å². The number of rotatable bonds is 5. The zero-order chi connectivity index (χ0) is 18.6. The normalized spacial score (nSPS) is 15.6. The lowest BCUT2D eigenvalue weighted by molar-refractivity contribution is 0.122. The number of anilines is 2. The fraction of sp³-hybridized carbons (Fsp3) is 0.300. The van der Waals surface area contributed by atoms with Crippen LogP contribution in [0.4, 0.5) is 15.9 Å². The molecule has 27 heavy (non-hydrogen) atoms. The van der Waals surface area contributed by atoms with E-state index in [1.54, 1.807) is 16.9 Å². The van der Waals surface area contributed by atoms with Crippen molar-refractivity contribution in [2.24, 2.45) is 7.05 Å². The maximum absolute atomic E-state index is 13.8. The summed E-state index contributed by atoms with van der Waals surface area (Å²) in [5, 5.41) is 7.65. The second-order valence-corrected chi connectivity index (χ2v) is 6.58. The number of halogens is 1. The number of aromatic nitrogens is 3. The Kier molecular flexibility index (Phi) is 5.02. The van der Waals surface area contributed by atoms with Crippen LogP contribution in [0.2, 0.25) is 0 Å². The monoisotopic (exact) mass is 367 g/mol. The summed E-state index contributed by atoms with van der Waals surface area (Å²) in [4.78, 5) is 6.81. The molecule has 0 aliphatic carbocycles. The van der Waals surface area contributed by atoms with E-state index >= 15 is 0 Å². The van der Waals surface area contributed by atoms with Gasteiger partial charge in [0, 0.05) is 31.9 Å². The second-order valence-electron chi connectivity index (χ2n) is 6.58. The van der Waals surface area contributed by atoms with E-state index in [9.17, 15) is 4.39 Å². The molecule has 1 aromatic carbocycles. The zero-order valence-corrected chi connectivity index (χ0v) is 15.2. The number of aryl methyl sites for hydroxylation is 1. The number of hydrogen-bond donors (Lipinski definition) is 1. The maximum atomic E-state index is 13.8. The average molecular weight is 367 g/mol. The van der Waals surface area contributed by atoms with Gasteiger partial charge in [0.25, 0.3) is 0 Å². The fourth-order valence-electron chi connectivity index (χ4n) is 3.26. The first-order valence-corrected chi connectivity index (χ1v) is 8.98. The van der Waals surface area contributed by atoms with Crippen LogP contribution in [-0.2, 0) is 11.8 Å². The molecule has 1 aliphatic rings. The first kappa shape index (κ1) is 17.5. The highest BCUT2D eigenvalue weighted by Crippen LogP contribution is 2.27. The van der Waals surface area contributed by atoms with Gasteiger partial charge in [-0.2, -0.15) is 5.10 Å². The Morgan fingerprint density at radius 2 is 1.96 bits per heavy atom. The topological polar surface area (TPSA) is 55.2 Å². The Hall–Kier alpha value is -2.93. The minimum atomic E-state index is -0.265. The summed E-state index contributed by atoms with van der Waals surface area (Å²) in [6, 6.07) is 10.4. The third-order valence-corrected chi connectivity index (χ3v) is 4.66. The molecule has 7 heteroatoms. The Morgan fingerprint density at radius 3 is 2.63 bits per heavy atom. The van der Waals surface area contributed by atoms with Crippen LogP contribution in [0.5, 0.6) is 0 Å². The van der Waals surface area contributed by atoms with E-state index in [-0.39, 0.29) is 11.9 Å². The molecular formula is C20H22FN5O. The van der Waals surface area contributed by atoms with Gasteiger partial charge in [-0.3, -0.25) is 4.68 Å². The predicted octanol–water partition coefficient (Wildman–Crippen LogP) is 2.99. The minimum Gasteiger partial charge on any atom is -0.378 e. The van der Waals surface area contributed by atoms with Crippen LogP contribution in [0.1, 0.15) is 17.2 Å². The summed E-state index contributed by atoms with van der Waals surface area (Å²) in [5.41, 5.74) is 2.84. The Labute approximate surface area is 157 Å². The lowest BCUT2D eigenvalue weighted by atomic mass is 10.0. The predicted molar refractivity (Wildman–Crippen MR) is 102 cm³/mol. The van der Waals surface area contributed by atoms with Gasteiger partial charge >= 0.3 is 0 Å². The highest BCUT2D eigenvalue weighted by molar-refractivity contribution is 5.51. The van der Waals surface area contributed by atoms with Crippen molar-refractivity contribution in [1.29, 1.82) is 0 Å². The number of ether oxygens (including phenoxy) is 1. The van der Waals surface area contributed by atoms with Gasteiger partial charge in [0.1, 0.15) is 11.6 Å². The van der Waals surface area contributed by atoms with Crippen molar-refractivity contribution in [2.45, 2.75) is 6.04 Å². The molecule has 1 N–H and O–H groups in total. The maximum Gasteiger partial charge on any atom is 0.126 e. The van der Waals surface area contributed by atoms with Crippen LogP contribution in [0.25, 0.3) is 0 Å². The molecular weight excluding hydrogens is 345 g/mol. The van der Waals surface area contributed by atoms with Crippen LogP contribution >= 0.6 is 0 Å². The number of pyridine rings is 1. The Bertz CT molecular complexity index is 889.